The number of aryl methyl sites for hydroxylation is 2. The Morgan fingerprint density at radius 3 is 2.59 bits per heavy atom. The number of anilines is 2. The molecule has 0 aliphatic rings. The summed E-state index contributed by atoms with van der Waals surface area (Å²) >= 11 is 1.51. The topological polar surface area (TPSA) is 67.8 Å². The van der Waals surface area contributed by atoms with Gasteiger partial charge in [-0.05, 0) is 13.8 Å². The molecule has 7 heteroatoms. The van der Waals surface area contributed by atoms with Crippen molar-refractivity contribution in [2.24, 2.45) is 0 Å². The number of aromatic nitrogens is 3. The summed E-state index contributed by atoms with van der Waals surface area (Å²) in [4.78, 5) is 12.6. The van der Waals surface area contributed by atoms with Crippen molar-refractivity contribution in [1.82, 2.24) is 15.0 Å². The van der Waals surface area contributed by atoms with Crippen LogP contribution in [0.5, 0.6) is 0 Å². The normalized spacial score (nSPS) is 12.4. The van der Waals surface area contributed by atoms with E-state index in [1.807, 2.05) is 19.2 Å². The van der Waals surface area contributed by atoms with Gasteiger partial charge < -0.3 is 5.32 Å². The van der Waals surface area contributed by atoms with E-state index in [9.17, 15) is 4.21 Å². The fourth-order valence-corrected chi connectivity index (χ4v) is 2.45. The number of rotatable bonds is 3. The fourth-order valence-electron chi connectivity index (χ4n) is 1.25. The van der Waals surface area contributed by atoms with Gasteiger partial charge in [-0.1, -0.05) is 0 Å². The standard InChI is InChI=1S/C10H12N4OS2/c1-6-4-8(14-10(12-6)17(3)15)13-9-11-7(2)5-16-9/h4-5H,1-3H3,(H,11,12,13,14). The average molecular weight is 268 g/mol. The smallest absolute Gasteiger partial charge is 0.220 e. The van der Waals surface area contributed by atoms with Gasteiger partial charge in [-0.2, -0.15) is 0 Å². The second-order valence-electron chi connectivity index (χ2n) is 3.55. The Hall–Kier alpha value is -1.34. The van der Waals surface area contributed by atoms with Crippen molar-refractivity contribution in [3.63, 3.8) is 0 Å². The van der Waals surface area contributed by atoms with Crippen LogP contribution in [0.1, 0.15) is 11.4 Å². The van der Waals surface area contributed by atoms with Gasteiger partial charge in [0, 0.05) is 23.4 Å². The molecule has 2 aromatic heterocycles. The molecule has 1 atom stereocenters. The van der Waals surface area contributed by atoms with E-state index < -0.39 is 10.8 Å². The van der Waals surface area contributed by atoms with Crippen molar-refractivity contribution >= 4 is 33.1 Å². The lowest BCUT2D eigenvalue weighted by atomic mass is 10.4. The summed E-state index contributed by atoms with van der Waals surface area (Å²) < 4.78 is 11.4. The monoisotopic (exact) mass is 268 g/mol. The van der Waals surface area contributed by atoms with Crippen LogP contribution < -0.4 is 5.32 Å². The molecule has 1 unspecified atom stereocenters. The van der Waals surface area contributed by atoms with Crippen LogP contribution in [0.2, 0.25) is 0 Å². The molecule has 2 rings (SSSR count). The molecule has 0 saturated carbocycles. The van der Waals surface area contributed by atoms with Crippen molar-refractivity contribution in [2.45, 2.75) is 19.0 Å². The highest BCUT2D eigenvalue weighted by Crippen LogP contribution is 2.19. The zero-order chi connectivity index (χ0) is 12.4. The molecular weight excluding hydrogens is 256 g/mol. The predicted molar refractivity (Wildman–Crippen MR) is 69.2 cm³/mol. The quantitative estimate of drug-likeness (QED) is 0.863. The summed E-state index contributed by atoms with van der Waals surface area (Å²) in [5.41, 5.74) is 1.74. The summed E-state index contributed by atoms with van der Waals surface area (Å²) in [6, 6.07) is 1.80. The van der Waals surface area contributed by atoms with Crippen LogP contribution in [0.4, 0.5) is 10.9 Å². The third kappa shape index (κ3) is 3.07. The molecule has 1 N–H and O–H groups in total. The molecule has 5 nitrogen and oxygen atoms in total. The van der Waals surface area contributed by atoms with Crippen LogP contribution in [0.25, 0.3) is 0 Å². The molecule has 0 radical (unpaired) electrons. The summed E-state index contributed by atoms with van der Waals surface area (Å²) in [5.74, 6) is 0.622. The molecule has 90 valence electrons. The molecule has 2 heterocycles. The van der Waals surface area contributed by atoms with Gasteiger partial charge in [0.05, 0.1) is 16.5 Å². The molecular formula is C10H12N4OS2. The lowest BCUT2D eigenvalue weighted by Gasteiger charge is -2.04. The summed E-state index contributed by atoms with van der Waals surface area (Å²) in [6.07, 6.45) is 1.56. The first kappa shape index (κ1) is 12.1. The first-order valence-corrected chi connectivity index (χ1v) is 7.36. The van der Waals surface area contributed by atoms with Crippen LogP contribution in [-0.4, -0.2) is 25.4 Å². The van der Waals surface area contributed by atoms with Crippen LogP contribution in [-0.2, 0) is 10.8 Å². The zero-order valence-corrected chi connectivity index (χ0v) is 11.4. The molecule has 0 fully saturated rings. The minimum absolute atomic E-state index is 0.334. The van der Waals surface area contributed by atoms with Gasteiger partial charge in [0.15, 0.2) is 5.13 Å². The molecule has 17 heavy (non-hydrogen) atoms. The molecule has 0 aliphatic carbocycles. The number of nitrogens with zero attached hydrogens (tertiary/aromatic N) is 3. The average Bonchev–Trinajstić information content (AvgIpc) is 2.63. The summed E-state index contributed by atoms with van der Waals surface area (Å²) in [5, 5.41) is 6.14. The van der Waals surface area contributed by atoms with Gasteiger partial charge in [0.2, 0.25) is 5.16 Å². The third-order valence-electron chi connectivity index (χ3n) is 1.94. The molecule has 0 saturated heterocycles. The Morgan fingerprint density at radius 1 is 1.24 bits per heavy atom. The van der Waals surface area contributed by atoms with Gasteiger partial charge in [0.25, 0.3) is 0 Å². The maximum Gasteiger partial charge on any atom is 0.220 e. The van der Waals surface area contributed by atoms with E-state index in [1.54, 1.807) is 12.3 Å². The molecule has 0 bridgehead atoms. The van der Waals surface area contributed by atoms with Crippen LogP contribution in [0.15, 0.2) is 16.6 Å². The highest BCUT2D eigenvalue weighted by molar-refractivity contribution is 7.84. The maximum atomic E-state index is 11.4. The second-order valence-corrected chi connectivity index (χ2v) is 5.68. The van der Waals surface area contributed by atoms with Crippen molar-refractivity contribution in [1.29, 1.82) is 0 Å². The summed E-state index contributed by atoms with van der Waals surface area (Å²) in [7, 11) is -1.18. The first-order valence-electron chi connectivity index (χ1n) is 4.93. The van der Waals surface area contributed by atoms with Crippen molar-refractivity contribution in [3.8, 4) is 0 Å². The molecule has 0 aromatic carbocycles. The van der Waals surface area contributed by atoms with E-state index in [0.29, 0.717) is 11.0 Å². The van der Waals surface area contributed by atoms with Crippen LogP contribution in [0.3, 0.4) is 0 Å². The van der Waals surface area contributed by atoms with E-state index in [-0.39, 0.29) is 0 Å². The minimum Gasteiger partial charge on any atom is -0.316 e. The Balaban J connectivity index is 2.29. The highest BCUT2D eigenvalue weighted by Gasteiger charge is 2.07. The van der Waals surface area contributed by atoms with E-state index in [1.165, 1.54) is 11.3 Å². The Morgan fingerprint density at radius 2 is 2.00 bits per heavy atom. The van der Waals surface area contributed by atoms with Crippen LogP contribution >= 0.6 is 11.3 Å². The van der Waals surface area contributed by atoms with E-state index in [0.717, 1.165) is 16.5 Å². The zero-order valence-electron chi connectivity index (χ0n) is 9.72. The van der Waals surface area contributed by atoms with Gasteiger partial charge in [-0.3, -0.25) is 4.21 Å². The lowest BCUT2D eigenvalue weighted by molar-refractivity contribution is 0.679. The Labute approximate surface area is 106 Å². The van der Waals surface area contributed by atoms with E-state index >= 15 is 0 Å². The van der Waals surface area contributed by atoms with Gasteiger partial charge in [-0.25, -0.2) is 15.0 Å². The van der Waals surface area contributed by atoms with Crippen molar-refractivity contribution in [2.75, 3.05) is 11.6 Å². The number of nitrogens with one attached hydrogen (secondary N) is 1. The first-order chi connectivity index (χ1) is 8.04. The van der Waals surface area contributed by atoms with Gasteiger partial charge >= 0.3 is 0 Å². The van der Waals surface area contributed by atoms with Crippen molar-refractivity contribution in [3.05, 3.63) is 22.8 Å². The minimum atomic E-state index is -1.18. The molecule has 2 aromatic rings. The SMILES string of the molecule is Cc1cc(Nc2nc(C)cs2)nc(S(C)=O)n1. The predicted octanol–water partition coefficient (Wildman–Crippen LogP) is 2.03. The lowest BCUT2D eigenvalue weighted by Crippen LogP contribution is -2.02. The second kappa shape index (κ2) is 4.89. The summed E-state index contributed by atoms with van der Waals surface area (Å²) in [6.45, 7) is 3.77. The molecule has 0 spiro atoms. The van der Waals surface area contributed by atoms with Crippen molar-refractivity contribution < 1.29 is 4.21 Å². The van der Waals surface area contributed by atoms with Gasteiger partial charge in [-0.15, -0.1) is 11.3 Å². The third-order valence-corrected chi connectivity index (χ3v) is 3.52. The highest BCUT2D eigenvalue weighted by atomic mass is 32.2. The fraction of sp³-hybridized carbons (Fsp3) is 0.300. The Bertz CT molecular complexity index is 567. The molecule has 0 amide bonds. The van der Waals surface area contributed by atoms with E-state index in [4.69, 9.17) is 0 Å². The van der Waals surface area contributed by atoms with E-state index in [2.05, 4.69) is 20.3 Å². The van der Waals surface area contributed by atoms with Gasteiger partial charge in [0.1, 0.15) is 5.82 Å². The molecule has 0 aliphatic heterocycles. The largest absolute Gasteiger partial charge is 0.316 e. The van der Waals surface area contributed by atoms with Crippen LogP contribution in [0, 0.1) is 13.8 Å². The number of hydrogen-bond acceptors (Lipinski definition) is 6. The Kier molecular flexibility index (Phi) is 3.49. The number of hydrogen-bond donors (Lipinski definition) is 1. The maximum absolute atomic E-state index is 11.4. The number of thiazole rings is 1.